The number of para-hydroxylation sites is 1. The molecule has 0 amide bonds. The molecule has 0 aliphatic heterocycles. The fourth-order valence-corrected chi connectivity index (χ4v) is 12.5. The molecule has 3 N–H and O–H groups in total. The summed E-state index contributed by atoms with van der Waals surface area (Å²) >= 11 is 3.76. The molecule has 71 heavy (non-hydrogen) atoms. The molecule has 4 heterocycles. The van der Waals surface area contributed by atoms with Crippen molar-refractivity contribution in [3.63, 3.8) is 0 Å². The molecule has 0 atom stereocenters. The maximum absolute atomic E-state index is 7.01. The van der Waals surface area contributed by atoms with E-state index in [1.54, 1.807) is 0 Å². The van der Waals surface area contributed by atoms with Crippen molar-refractivity contribution in [2.75, 3.05) is 0 Å². The normalized spacial score (nSPS) is 11.8. The molecule has 0 unspecified atom stereocenters. The predicted octanol–water partition coefficient (Wildman–Crippen LogP) is 17.9. The molecule has 0 aliphatic rings. The number of nitrogens with zero attached hydrogens (tertiary/aromatic N) is 2. The zero-order chi connectivity index (χ0) is 48.0. The number of amidine groups is 1. The average molecular weight is 951 g/mol. The molecule has 0 saturated carbocycles. The number of furan rings is 1. The van der Waals surface area contributed by atoms with Crippen molar-refractivity contribution in [2.45, 2.75) is 13.5 Å². The van der Waals surface area contributed by atoms with Crippen molar-refractivity contribution in [3.8, 4) is 27.9 Å². The Balaban J connectivity index is 0.000000521. The van der Waals surface area contributed by atoms with E-state index in [4.69, 9.17) is 20.6 Å². The highest BCUT2D eigenvalue weighted by Gasteiger charge is 2.18. The van der Waals surface area contributed by atoms with Gasteiger partial charge >= 0.3 is 0 Å². The molecule has 0 spiro atoms. The van der Waals surface area contributed by atoms with Gasteiger partial charge in [-0.2, -0.15) is 0 Å². The van der Waals surface area contributed by atoms with Gasteiger partial charge in [0.15, 0.2) is 0 Å². The van der Waals surface area contributed by atoms with Crippen LogP contribution < -0.4 is 5.73 Å². The van der Waals surface area contributed by atoms with Gasteiger partial charge in [0.1, 0.15) is 17.0 Å². The van der Waals surface area contributed by atoms with Crippen LogP contribution in [0, 0.1) is 5.41 Å². The standard InChI is InChI=1S/C57H38N2OS2.C7H8N2/c1-3-13-48-40(4-2)43-17-5-7-22-49(43)59(48)39-16-9-14-35(30-39)33-58-34-38-15-10-23-51-55(38)47-31-36(27-29-50(47)60-51)41-19-12-25-53-56(41)46-21-11-20-42(57(46)62-53)37-26-28-45-44-18-6-8-24-52(44)61-54(45)32-37;8-7(9)6-4-2-1-3-5-6/h3-32,34H,2,33H2,1H3;1-5H,(H3,8,9)/b13-3-,58-34?;. The minimum atomic E-state index is 0.121. The van der Waals surface area contributed by atoms with E-state index in [1.807, 2.05) is 65.3 Å². The van der Waals surface area contributed by atoms with Crippen LogP contribution >= 0.6 is 22.7 Å². The van der Waals surface area contributed by atoms with Crippen LogP contribution in [-0.4, -0.2) is 16.6 Å². The molecule has 13 aromatic rings. The number of hydrogen-bond acceptors (Lipinski definition) is 5. The Morgan fingerprint density at radius 1 is 0.620 bits per heavy atom. The van der Waals surface area contributed by atoms with Crippen molar-refractivity contribution >= 4 is 120 Å². The lowest BCUT2D eigenvalue weighted by Gasteiger charge is -2.11. The number of nitrogen functional groups attached to an aromatic ring is 1. The number of nitrogens with two attached hydrogens (primary N) is 1. The molecule has 7 heteroatoms. The maximum Gasteiger partial charge on any atom is 0.136 e. The minimum Gasteiger partial charge on any atom is -0.456 e. The lowest BCUT2D eigenvalue weighted by Crippen LogP contribution is -2.10. The summed E-state index contributed by atoms with van der Waals surface area (Å²) in [4.78, 5) is 5.03. The largest absolute Gasteiger partial charge is 0.456 e. The molecular formula is C64H46N4OS2. The lowest BCUT2D eigenvalue weighted by atomic mass is 9.96. The van der Waals surface area contributed by atoms with E-state index in [0.29, 0.717) is 6.54 Å². The quantitative estimate of drug-likeness (QED) is 0.112. The highest BCUT2D eigenvalue weighted by molar-refractivity contribution is 7.26. The van der Waals surface area contributed by atoms with Crippen LogP contribution in [0.1, 0.15) is 34.9 Å². The SMILES string of the molecule is C=Cc1c(/C=C\C)n(-c2cccc(CN=Cc3cccc4oc5ccc(-c6cccc7sc8c(-c9ccc%10c(c9)sc9ccccc9%10)cccc8c67)cc5c34)c2)c2ccccc12.N=C(N)c1ccccc1. The van der Waals surface area contributed by atoms with Gasteiger partial charge in [0.05, 0.1) is 17.8 Å². The Kier molecular flexibility index (Phi) is 11.3. The van der Waals surface area contributed by atoms with Crippen molar-refractivity contribution < 1.29 is 4.42 Å². The fraction of sp³-hybridized carbons (Fsp3) is 0.0312. The number of rotatable bonds is 9. The number of thiophene rings is 2. The van der Waals surface area contributed by atoms with E-state index in [0.717, 1.165) is 61.1 Å². The van der Waals surface area contributed by atoms with E-state index in [-0.39, 0.29) is 5.84 Å². The molecule has 0 bridgehead atoms. The van der Waals surface area contributed by atoms with E-state index in [1.165, 1.54) is 68.0 Å². The van der Waals surface area contributed by atoms with Crippen LogP contribution in [0.15, 0.2) is 216 Å². The first-order valence-corrected chi connectivity index (χ1v) is 25.3. The van der Waals surface area contributed by atoms with Crippen molar-refractivity contribution in [3.05, 3.63) is 235 Å². The number of benzene rings is 9. The Morgan fingerprint density at radius 3 is 2.18 bits per heavy atom. The summed E-state index contributed by atoms with van der Waals surface area (Å²) in [6.45, 7) is 6.75. The third-order valence-corrected chi connectivity index (χ3v) is 15.6. The van der Waals surface area contributed by atoms with Gasteiger partial charge in [0.25, 0.3) is 0 Å². The van der Waals surface area contributed by atoms with Crippen LogP contribution in [0.2, 0.25) is 0 Å². The number of nitrogens with one attached hydrogen (secondary N) is 1. The maximum atomic E-state index is 7.01. The lowest BCUT2D eigenvalue weighted by molar-refractivity contribution is 0.669. The number of aliphatic imine (C=N–C) groups is 1. The van der Waals surface area contributed by atoms with Gasteiger partial charge in [-0.3, -0.25) is 10.4 Å². The average Bonchev–Trinajstić information content (AvgIpc) is 4.18. The Labute approximate surface area is 418 Å². The molecule has 13 rings (SSSR count). The third-order valence-electron chi connectivity index (χ3n) is 13.3. The summed E-state index contributed by atoms with van der Waals surface area (Å²) in [5, 5.41) is 15.6. The molecular weight excluding hydrogens is 905 g/mol. The zero-order valence-electron chi connectivity index (χ0n) is 38.9. The molecule has 0 aliphatic carbocycles. The molecule has 0 saturated heterocycles. The number of aromatic nitrogens is 1. The van der Waals surface area contributed by atoms with Crippen molar-refractivity contribution in [1.29, 1.82) is 5.41 Å². The van der Waals surface area contributed by atoms with Crippen LogP contribution in [0.5, 0.6) is 0 Å². The van der Waals surface area contributed by atoms with E-state index >= 15 is 0 Å². The summed E-state index contributed by atoms with van der Waals surface area (Å²) < 4.78 is 14.0. The summed E-state index contributed by atoms with van der Waals surface area (Å²) in [7, 11) is 0. The van der Waals surface area contributed by atoms with Gasteiger partial charge in [-0.1, -0.05) is 158 Å². The first-order valence-electron chi connectivity index (χ1n) is 23.6. The van der Waals surface area contributed by atoms with E-state index in [2.05, 4.69) is 194 Å². The Morgan fingerprint density at radius 2 is 1.34 bits per heavy atom. The topological polar surface area (TPSA) is 80.3 Å². The Bertz CT molecular complexity index is 4280. The summed E-state index contributed by atoms with van der Waals surface area (Å²) in [6.07, 6.45) is 8.22. The Hall–Kier alpha value is -8.62. The van der Waals surface area contributed by atoms with Gasteiger partial charge in [0.2, 0.25) is 0 Å². The van der Waals surface area contributed by atoms with Crippen LogP contribution in [-0.2, 0) is 6.54 Å². The first-order chi connectivity index (χ1) is 34.9. The van der Waals surface area contributed by atoms with Gasteiger partial charge in [-0.05, 0) is 95.4 Å². The molecule has 0 radical (unpaired) electrons. The van der Waals surface area contributed by atoms with Crippen LogP contribution in [0.3, 0.4) is 0 Å². The zero-order valence-corrected chi connectivity index (χ0v) is 40.5. The second kappa shape index (κ2) is 18.4. The molecule has 340 valence electrons. The predicted molar refractivity (Wildman–Crippen MR) is 307 cm³/mol. The van der Waals surface area contributed by atoms with Gasteiger partial charge < -0.3 is 14.7 Å². The van der Waals surface area contributed by atoms with Crippen molar-refractivity contribution in [2.24, 2.45) is 10.7 Å². The van der Waals surface area contributed by atoms with E-state index in [9.17, 15) is 0 Å². The summed E-state index contributed by atoms with van der Waals surface area (Å²) in [5.74, 6) is 0.121. The smallest absolute Gasteiger partial charge is 0.136 e. The van der Waals surface area contributed by atoms with Gasteiger partial charge in [-0.15, -0.1) is 22.7 Å². The minimum absolute atomic E-state index is 0.121. The molecule has 0 fully saturated rings. The molecule has 4 aromatic heterocycles. The second-order valence-corrected chi connectivity index (χ2v) is 19.7. The summed E-state index contributed by atoms with van der Waals surface area (Å²) in [5.41, 5.74) is 19.3. The summed E-state index contributed by atoms with van der Waals surface area (Å²) in [6, 6.07) is 68.5. The molecule has 9 aromatic carbocycles. The van der Waals surface area contributed by atoms with Crippen molar-refractivity contribution in [1.82, 2.24) is 4.57 Å². The third kappa shape index (κ3) is 7.82. The van der Waals surface area contributed by atoms with Crippen LogP contribution in [0.4, 0.5) is 0 Å². The van der Waals surface area contributed by atoms with Gasteiger partial charge in [-0.25, -0.2) is 0 Å². The number of allylic oxidation sites excluding steroid dienone is 1. The fourth-order valence-electron chi connectivity index (χ4n) is 10.1. The second-order valence-electron chi connectivity index (χ2n) is 17.6. The molecule has 5 nitrogen and oxygen atoms in total. The van der Waals surface area contributed by atoms with Crippen LogP contribution in [0.25, 0.3) is 113 Å². The highest BCUT2D eigenvalue weighted by atomic mass is 32.1. The number of fused-ring (bicyclic) bond motifs is 10. The van der Waals surface area contributed by atoms with E-state index < -0.39 is 0 Å². The number of hydrogen-bond donors (Lipinski definition) is 2. The highest BCUT2D eigenvalue weighted by Crippen LogP contribution is 2.46. The first kappa shape index (κ1) is 43.6. The van der Waals surface area contributed by atoms with Gasteiger partial charge in [0, 0.05) is 85.1 Å². The monoisotopic (exact) mass is 950 g/mol.